The Bertz CT molecular complexity index is 228. The number of hydrogen-bond donors (Lipinski definition) is 0. The largest absolute Gasteiger partial charge is 0.465 e. The molecular formula is C9H14Cl2O2. The third-order valence-corrected chi connectivity index (χ3v) is 4.37. The predicted octanol–water partition coefficient (Wildman–Crippen LogP) is 2.77. The van der Waals surface area contributed by atoms with Gasteiger partial charge in [-0.05, 0) is 26.2 Å². The summed E-state index contributed by atoms with van der Waals surface area (Å²) >= 11 is 12.1. The molecule has 1 fully saturated rings. The summed E-state index contributed by atoms with van der Waals surface area (Å²) in [4.78, 5) is 11.5. The lowest BCUT2D eigenvalue weighted by molar-refractivity contribution is -0.163. The zero-order valence-corrected chi connectivity index (χ0v) is 9.58. The van der Waals surface area contributed by atoms with Gasteiger partial charge < -0.3 is 4.74 Å². The topological polar surface area (TPSA) is 26.3 Å². The molecule has 2 atom stereocenters. The quantitative estimate of drug-likeness (QED) is 0.533. The summed E-state index contributed by atoms with van der Waals surface area (Å²) in [5.41, 5.74) is -0.731. The molecule has 0 aliphatic heterocycles. The van der Waals surface area contributed by atoms with Crippen LogP contribution < -0.4 is 0 Å². The van der Waals surface area contributed by atoms with Crippen molar-refractivity contribution in [3.63, 3.8) is 0 Å². The molecule has 0 aromatic rings. The van der Waals surface area contributed by atoms with Gasteiger partial charge in [-0.2, -0.15) is 0 Å². The number of carbonyl (C=O) groups is 1. The Morgan fingerprint density at radius 2 is 2.15 bits per heavy atom. The van der Waals surface area contributed by atoms with Crippen LogP contribution in [0.1, 0.15) is 27.2 Å². The SMILES string of the molecule is CCOC(=O)C1(C)CC(C)C1(Cl)Cl. The summed E-state index contributed by atoms with van der Waals surface area (Å²) in [6.45, 7) is 5.83. The van der Waals surface area contributed by atoms with Crippen LogP contribution in [-0.2, 0) is 9.53 Å². The van der Waals surface area contributed by atoms with Crippen LogP contribution in [0.5, 0.6) is 0 Å². The minimum atomic E-state index is -0.973. The number of carbonyl (C=O) groups excluding carboxylic acids is 1. The molecule has 0 aromatic carbocycles. The molecule has 2 nitrogen and oxygen atoms in total. The molecule has 13 heavy (non-hydrogen) atoms. The molecular weight excluding hydrogens is 211 g/mol. The van der Waals surface area contributed by atoms with E-state index in [2.05, 4.69) is 0 Å². The van der Waals surface area contributed by atoms with Gasteiger partial charge >= 0.3 is 5.97 Å². The van der Waals surface area contributed by atoms with Gasteiger partial charge in [0.1, 0.15) is 4.33 Å². The van der Waals surface area contributed by atoms with Crippen LogP contribution in [0, 0.1) is 11.3 Å². The second-order valence-corrected chi connectivity index (χ2v) is 5.17. The van der Waals surface area contributed by atoms with Crippen molar-refractivity contribution in [2.75, 3.05) is 6.61 Å². The Labute approximate surface area is 88.5 Å². The molecule has 0 bridgehead atoms. The average molecular weight is 225 g/mol. The molecule has 1 aliphatic rings. The fourth-order valence-corrected chi connectivity index (χ4v) is 2.26. The van der Waals surface area contributed by atoms with Gasteiger partial charge in [0.25, 0.3) is 0 Å². The number of alkyl halides is 2. The summed E-state index contributed by atoms with van der Waals surface area (Å²) in [6.07, 6.45) is 0.693. The highest BCUT2D eigenvalue weighted by molar-refractivity contribution is 6.51. The highest BCUT2D eigenvalue weighted by Crippen LogP contribution is 2.61. The van der Waals surface area contributed by atoms with E-state index in [1.54, 1.807) is 13.8 Å². The highest BCUT2D eigenvalue weighted by atomic mass is 35.5. The maximum atomic E-state index is 11.5. The fraction of sp³-hybridized carbons (Fsp3) is 0.889. The van der Waals surface area contributed by atoms with Crippen LogP contribution in [0.25, 0.3) is 0 Å². The number of halogens is 2. The van der Waals surface area contributed by atoms with E-state index in [4.69, 9.17) is 27.9 Å². The van der Waals surface area contributed by atoms with Crippen molar-refractivity contribution >= 4 is 29.2 Å². The second kappa shape index (κ2) is 3.32. The Hall–Kier alpha value is 0.0500. The van der Waals surface area contributed by atoms with E-state index < -0.39 is 9.75 Å². The molecule has 0 radical (unpaired) electrons. The zero-order valence-electron chi connectivity index (χ0n) is 8.06. The van der Waals surface area contributed by atoms with Crippen LogP contribution in [0.15, 0.2) is 0 Å². The summed E-state index contributed by atoms with van der Waals surface area (Å²) in [6, 6.07) is 0. The molecule has 4 heteroatoms. The van der Waals surface area contributed by atoms with Crippen molar-refractivity contribution in [3.8, 4) is 0 Å². The van der Waals surface area contributed by atoms with Gasteiger partial charge in [-0.25, -0.2) is 0 Å². The van der Waals surface area contributed by atoms with E-state index in [0.717, 1.165) is 0 Å². The van der Waals surface area contributed by atoms with Gasteiger partial charge in [0.05, 0.1) is 12.0 Å². The second-order valence-electron chi connectivity index (χ2n) is 3.78. The van der Waals surface area contributed by atoms with Gasteiger partial charge in [0, 0.05) is 0 Å². The Balaban J connectivity index is 2.74. The van der Waals surface area contributed by atoms with E-state index in [-0.39, 0.29) is 11.9 Å². The molecule has 0 heterocycles. The number of esters is 1. The minimum absolute atomic E-state index is 0.144. The lowest BCUT2D eigenvalue weighted by Crippen LogP contribution is -2.59. The van der Waals surface area contributed by atoms with E-state index in [9.17, 15) is 4.79 Å². The first kappa shape index (κ1) is 11.1. The molecule has 2 unspecified atom stereocenters. The Kier molecular flexibility index (Phi) is 2.84. The van der Waals surface area contributed by atoms with Crippen LogP contribution in [0.3, 0.4) is 0 Å². The normalized spacial score (nSPS) is 36.5. The van der Waals surface area contributed by atoms with E-state index in [0.29, 0.717) is 13.0 Å². The fourth-order valence-electron chi connectivity index (χ4n) is 1.80. The highest BCUT2D eigenvalue weighted by Gasteiger charge is 2.64. The van der Waals surface area contributed by atoms with Crippen molar-refractivity contribution in [1.82, 2.24) is 0 Å². The van der Waals surface area contributed by atoms with Crippen molar-refractivity contribution in [2.45, 2.75) is 31.5 Å². The van der Waals surface area contributed by atoms with E-state index >= 15 is 0 Å². The van der Waals surface area contributed by atoms with Gasteiger partial charge in [-0.15, -0.1) is 23.2 Å². The average Bonchev–Trinajstić information content (AvgIpc) is 2.04. The lowest BCUT2D eigenvalue weighted by atomic mass is 9.63. The molecule has 76 valence electrons. The third-order valence-electron chi connectivity index (χ3n) is 2.79. The first-order chi connectivity index (χ1) is 5.86. The van der Waals surface area contributed by atoms with Crippen LogP contribution in [0.4, 0.5) is 0 Å². The van der Waals surface area contributed by atoms with Gasteiger partial charge in [-0.1, -0.05) is 6.92 Å². The predicted molar refractivity (Wildman–Crippen MR) is 53.0 cm³/mol. The molecule has 1 aliphatic carbocycles. The monoisotopic (exact) mass is 224 g/mol. The minimum Gasteiger partial charge on any atom is -0.465 e. The van der Waals surface area contributed by atoms with Crippen LogP contribution in [0.2, 0.25) is 0 Å². The summed E-state index contributed by atoms with van der Waals surface area (Å²) in [7, 11) is 0. The third kappa shape index (κ3) is 1.44. The van der Waals surface area contributed by atoms with Gasteiger partial charge in [0.15, 0.2) is 0 Å². The maximum Gasteiger partial charge on any atom is 0.314 e. The van der Waals surface area contributed by atoms with Crippen molar-refractivity contribution < 1.29 is 9.53 Å². The van der Waals surface area contributed by atoms with Crippen molar-refractivity contribution in [3.05, 3.63) is 0 Å². The molecule has 0 N–H and O–H groups in total. The number of ether oxygens (including phenoxy) is 1. The zero-order chi connectivity index (χ0) is 10.3. The van der Waals surface area contributed by atoms with Crippen molar-refractivity contribution in [2.24, 2.45) is 11.3 Å². The van der Waals surface area contributed by atoms with Crippen LogP contribution >= 0.6 is 23.2 Å². The molecule has 0 amide bonds. The first-order valence-corrected chi connectivity index (χ1v) is 5.17. The summed E-state index contributed by atoms with van der Waals surface area (Å²) in [5, 5.41) is 0. The summed E-state index contributed by atoms with van der Waals surface area (Å²) in [5.74, 6) is -0.150. The molecule has 1 rings (SSSR count). The first-order valence-electron chi connectivity index (χ1n) is 4.41. The smallest absolute Gasteiger partial charge is 0.314 e. The molecule has 1 saturated carbocycles. The Morgan fingerprint density at radius 3 is 2.46 bits per heavy atom. The van der Waals surface area contributed by atoms with E-state index in [1.165, 1.54) is 0 Å². The van der Waals surface area contributed by atoms with E-state index in [1.807, 2.05) is 6.92 Å². The van der Waals surface area contributed by atoms with Crippen LogP contribution in [-0.4, -0.2) is 16.9 Å². The Morgan fingerprint density at radius 1 is 1.62 bits per heavy atom. The number of rotatable bonds is 2. The number of hydrogen-bond acceptors (Lipinski definition) is 2. The molecule has 0 saturated heterocycles. The molecule has 0 aromatic heterocycles. The van der Waals surface area contributed by atoms with Crippen molar-refractivity contribution in [1.29, 1.82) is 0 Å². The van der Waals surface area contributed by atoms with Gasteiger partial charge in [0.2, 0.25) is 0 Å². The standard InChI is InChI=1S/C9H14Cl2O2/c1-4-13-7(12)8(3)5-6(2)9(8,10)11/h6H,4-5H2,1-3H3. The van der Waals surface area contributed by atoms with Gasteiger partial charge in [-0.3, -0.25) is 4.79 Å². The summed E-state index contributed by atoms with van der Waals surface area (Å²) < 4.78 is 3.95. The maximum absolute atomic E-state index is 11.5. The molecule has 0 spiro atoms. The lowest BCUT2D eigenvalue weighted by Gasteiger charge is -2.52.